The van der Waals surface area contributed by atoms with Crippen molar-refractivity contribution in [2.24, 2.45) is 0 Å². The predicted molar refractivity (Wildman–Crippen MR) is 66.1 cm³/mol. The number of carbonyl (C=O) groups is 1. The lowest BCUT2D eigenvalue weighted by atomic mass is 9.86. The Morgan fingerprint density at radius 1 is 1.38 bits per heavy atom. The van der Waals surface area contributed by atoms with Crippen molar-refractivity contribution in [2.75, 3.05) is 6.26 Å². The fraction of sp³-hybridized carbons (Fsp3) is 0.417. The van der Waals surface area contributed by atoms with Crippen LogP contribution in [0.5, 0.6) is 0 Å². The van der Waals surface area contributed by atoms with E-state index in [0.717, 1.165) is 17.5 Å². The molecule has 0 bridgehead atoms. The molecule has 0 aliphatic rings. The Balaban J connectivity index is 3.05. The lowest BCUT2D eigenvalue weighted by Gasteiger charge is -2.19. The highest BCUT2D eigenvalue weighted by atomic mass is 32.2. The third-order valence-corrected chi connectivity index (χ3v) is 2.66. The second-order valence-electron chi connectivity index (χ2n) is 4.58. The van der Waals surface area contributed by atoms with E-state index in [0.29, 0.717) is 0 Å². The van der Waals surface area contributed by atoms with Crippen LogP contribution in [-0.4, -0.2) is 12.2 Å². The van der Waals surface area contributed by atoms with Crippen LogP contribution in [0, 0.1) is 5.82 Å². The minimum Gasteiger partial charge on any atom is -0.296 e. The van der Waals surface area contributed by atoms with Gasteiger partial charge in [0.25, 0.3) is 5.91 Å². The summed E-state index contributed by atoms with van der Waals surface area (Å²) in [6.07, 6.45) is 1.72. The summed E-state index contributed by atoms with van der Waals surface area (Å²) < 4.78 is 16.2. The summed E-state index contributed by atoms with van der Waals surface area (Å²) in [5.41, 5.74) is 0.850. The van der Waals surface area contributed by atoms with Crippen LogP contribution in [-0.2, 0) is 5.41 Å². The minimum absolute atomic E-state index is 0.0855. The Bertz CT molecular complexity index is 398. The van der Waals surface area contributed by atoms with Gasteiger partial charge in [0.05, 0.1) is 5.56 Å². The maximum atomic E-state index is 13.7. The number of carbonyl (C=O) groups excluding carboxylic acids is 1. The number of hydrogen-bond donors (Lipinski definition) is 1. The largest absolute Gasteiger partial charge is 0.296 e. The first-order chi connectivity index (χ1) is 7.36. The average Bonchev–Trinajstić information content (AvgIpc) is 2.16. The van der Waals surface area contributed by atoms with Crippen LogP contribution < -0.4 is 4.72 Å². The Labute approximate surface area is 99.8 Å². The van der Waals surface area contributed by atoms with Gasteiger partial charge in [0.15, 0.2) is 0 Å². The second-order valence-corrected chi connectivity index (χ2v) is 5.19. The van der Waals surface area contributed by atoms with E-state index < -0.39 is 11.7 Å². The van der Waals surface area contributed by atoms with E-state index in [1.54, 1.807) is 12.3 Å². The van der Waals surface area contributed by atoms with Gasteiger partial charge in [-0.05, 0) is 23.1 Å². The molecule has 1 aromatic carbocycles. The molecule has 1 N–H and O–H groups in total. The van der Waals surface area contributed by atoms with Crippen LogP contribution >= 0.6 is 11.9 Å². The monoisotopic (exact) mass is 241 g/mol. The van der Waals surface area contributed by atoms with E-state index in [1.807, 2.05) is 20.8 Å². The van der Waals surface area contributed by atoms with Gasteiger partial charge in [-0.2, -0.15) is 0 Å². The van der Waals surface area contributed by atoms with Gasteiger partial charge in [0.2, 0.25) is 0 Å². The molecular formula is C12H16FNOS. The van der Waals surface area contributed by atoms with E-state index >= 15 is 0 Å². The molecule has 0 fully saturated rings. The topological polar surface area (TPSA) is 29.1 Å². The third-order valence-electron chi connectivity index (χ3n) is 2.27. The quantitative estimate of drug-likeness (QED) is 0.806. The van der Waals surface area contributed by atoms with Gasteiger partial charge in [-0.1, -0.05) is 38.8 Å². The van der Waals surface area contributed by atoms with Crippen LogP contribution in [0.1, 0.15) is 36.7 Å². The van der Waals surface area contributed by atoms with Crippen LogP contribution in [0.3, 0.4) is 0 Å². The van der Waals surface area contributed by atoms with Gasteiger partial charge in [-0.25, -0.2) is 4.39 Å². The Morgan fingerprint density at radius 2 is 2.00 bits per heavy atom. The first-order valence-corrected chi connectivity index (χ1v) is 6.22. The zero-order valence-electron chi connectivity index (χ0n) is 9.93. The molecule has 4 heteroatoms. The van der Waals surface area contributed by atoms with Crippen molar-refractivity contribution < 1.29 is 9.18 Å². The normalized spacial score (nSPS) is 11.3. The first-order valence-electron chi connectivity index (χ1n) is 4.99. The minimum atomic E-state index is -0.473. The van der Waals surface area contributed by atoms with Gasteiger partial charge < -0.3 is 0 Å². The van der Waals surface area contributed by atoms with Crippen molar-refractivity contribution in [1.29, 1.82) is 0 Å². The van der Waals surface area contributed by atoms with Crippen molar-refractivity contribution in [2.45, 2.75) is 26.2 Å². The highest BCUT2D eigenvalue weighted by Gasteiger charge is 2.17. The average molecular weight is 241 g/mol. The molecule has 16 heavy (non-hydrogen) atoms. The van der Waals surface area contributed by atoms with Crippen molar-refractivity contribution in [3.63, 3.8) is 0 Å². The molecule has 1 aromatic rings. The molecule has 88 valence electrons. The van der Waals surface area contributed by atoms with Crippen LogP contribution in [0.15, 0.2) is 18.2 Å². The van der Waals surface area contributed by atoms with Crippen LogP contribution in [0.2, 0.25) is 0 Å². The standard InChI is InChI=1S/C12H16FNOS/c1-12(2,3)8-5-6-9(10(13)7-8)11(15)14-16-4/h5-7H,1-4H3,(H,14,15). The van der Waals surface area contributed by atoms with Gasteiger partial charge in [0.1, 0.15) is 5.82 Å². The molecule has 1 amide bonds. The van der Waals surface area contributed by atoms with Crippen molar-refractivity contribution in [3.8, 4) is 0 Å². The summed E-state index contributed by atoms with van der Waals surface area (Å²) in [6, 6.07) is 4.75. The molecule has 0 atom stereocenters. The molecule has 2 nitrogen and oxygen atoms in total. The lowest BCUT2D eigenvalue weighted by Crippen LogP contribution is -2.18. The van der Waals surface area contributed by atoms with E-state index in [4.69, 9.17) is 0 Å². The van der Waals surface area contributed by atoms with Gasteiger partial charge in [0, 0.05) is 6.26 Å². The number of halogens is 1. The summed E-state index contributed by atoms with van der Waals surface area (Å²) in [4.78, 5) is 11.5. The highest BCUT2D eigenvalue weighted by Crippen LogP contribution is 2.24. The summed E-state index contributed by atoms with van der Waals surface area (Å²) >= 11 is 1.16. The summed E-state index contributed by atoms with van der Waals surface area (Å²) in [5, 5.41) is 0. The van der Waals surface area contributed by atoms with E-state index in [9.17, 15) is 9.18 Å². The zero-order chi connectivity index (χ0) is 12.3. The number of nitrogens with one attached hydrogen (secondary N) is 1. The van der Waals surface area contributed by atoms with Crippen molar-refractivity contribution >= 4 is 17.9 Å². The molecule has 0 spiro atoms. The fourth-order valence-corrected chi connectivity index (χ4v) is 1.61. The highest BCUT2D eigenvalue weighted by molar-refractivity contribution is 7.97. The fourth-order valence-electron chi connectivity index (χ4n) is 1.31. The predicted octanol–water partition coefficient (Wildman–Crippen LogP) is 3.13. The Morgan fingerprint density at radius 3 is 2.44 bits per heavy atom. The molecular weight excluding hydrogens is 225 g/mol. The number of amides is 1. The number of rotatable bonds is 2. The van der Waals surface area contributed by atoms with Gasteiger partial charge in [-0.3, -0.25) is 9.52 Å². The molecule has 0 heterocycles. The maximum Gasteiger partial charge on any atom is 0.264 e. The molecule has 1 rings (SSSR count). The molecule has 0 radical (unpaired) electrons. The second kappa shape index (κ2) is 4.87. The van der Waals surface area contributed by atoms with Gasteiger partial charge >= 0.3 is 0 Å². The van der Waals surface area contributed by atoms with E-state index in [-0.39, 0.29) is 11.0 Å². The summed E-state index contributed by atoms with van der Waals surface area (Å²) in [7, 11) is 0. The van der Waals surface area contributed by atoms with Gasteiger partial charge in [-0.15, -0.1) is 0 Å². The maximum absolute atomic E-state index is 13.7. The number of hydrogen-bond acceptors (Lipinski definition) is 2. The molecule has 0 saturated heterocycles. The van der Waals surface area contributed by atoms with Crippen molar-refractivity contribution in [3.05, 3.63) is 35.1 Å². The molecule has 0 unspecified atom stereocenters. The lowest BCUT2D eigenvalue weighted by molar-refractivity contribution is 0.0980. The SMILES string of the molecule is CSNC(=O)c1ccc(C(C)(C)C)cc1F. The Kier molecular flexibility index (Phi) is 3.97. The van der Waals surface area contributed by atoms with Crippen molar-refractivity contribution in [1.82, 2.24) is 4.72 Å². The summed E-state index contributed by atoms with van der Waals surface area (Å²) in [6.45, 7) is 6.01. The van der Waals surface area contributed by atoms with E-state index in [1.165, 1.54) is 12.1 Å². The molecule has 0 saturated carbocycles. The first kappa shape index (κ1) is 13.0. The van der Waals surface area contributed by atoms with Crippen LogP contribution in [0.25, 0.3) is 0 Å². The molecule has 0 aliphatic heterocycles. The molecule has 0 aliphatic carbocycles. The zero-order valence-corrected chi connectivity index (χ0v) is 10.7. The van der Waals surface area contributed by atoms with Crippen LogP contribution in [0.4, 0.5) is 4.39 Å². The molecule has 0 aromatic heterocycles. The number of benzene rings is 1. The summed E-state index contributed by atoms with van der Waals surface area (Å²) in [5.74, 6) is -0.871. The smallest absolute Gasteiger partial charge is 0.264 e. The Hall–Kier alpha value is -1.03. The van der Waals surface area contributed by atoms with E-state index in [2.05, 4.69) is 4.72 Å². The third kappa shape index (κ3) is 2.98.